The average molecular weight is 471 g/mol. The molecule has 1 amide bonds. The van der Waals surface area contributed by atoms with Crippen LogP contribution >= 0.6 is 0 Å². The number of amides is 1. The quantitative estimate of drug-likeness (QED) is 0.611. The number of carbonyl (C=O) groups is 1. The standard InChI is InChI=1S/C24H24F3N5O2/c1-28-23(34)18-5-4-16(12-29-18)32-9-8-31(20-6-7-21(20)32)13-14-2-3-15-11-17(24(25,26)27)22(33)30-19(15)10-14/h2-5,10-12,20-21H,6-9,13H2,1H3,(H,28,34)(H,30,33)/t20-,21+/m1/s1. The van der Waals surface area contributed by atoms with E-state index < -0.39 is 17.3 Å². The Morgan fingerprint density at radius 3 is 2.59 bits per heavy atom. The minimum absolute atomic E-state index is 0.218. The van der Waals surface area contributed by atoms with E-state index in [9.17, 15) is 22.8 Å². The van der Waals surface area contributed by atoms with Crippen molar-refractivity contribution in [1.29, 1.82) is 0 Å². The van der Waals surface area contributed by atoms with Gasteiger partial charge in [0.25, 0.3) is 11.5 Å². The lowest BCUT2D eigenvalue weighted by atomic mass is 9.81. The molecule has 0 radical (unpaired) electrons. The maximum Gasteiger partial charge on any atom is 0.421 e. The molecule has 0 unspecified atom stereocenters. The Kier molecular flexibility index (Phi) is 5.55. The van der Waals surface area contributed by atoms with Crippen LogP contribution in [-0.4, -0.2) is 53.0 Å². The zero-order chi connectivity index (χ0) is 24.0. The van der Waals surface area contributed by atoms with Gasteiger partial charge in [-0.1, -0.05) is 12.1 Å². The van der Waals surface area contributed by atoms with E-state index in [1.807, 2.05) is 12.1 Å². The zero-order valence-electron chi connectivity index (χ0n) is 18.5. The minimum atomic E-state index is -4.68. The van der Waals surface area contributed by atoms with Crippen LogP contribution in [0.5, 0.6) is 0 Å². The molecular weight excluding hydrogens is 447 g/mol. The zero-order valence-corrected chi connectivity index (χ0v) is 18.5. The number of piperazine rings is 1. The fraction of sp³-hybridized carbons (Fsp3) is 0.375. The van der Waals surface area contributed by atoms with E-state index in [4.69, 9.17) is 0 Å². The number of hydrogen-bond donors (Lipinski definition) is 2. The summed E-state index contributed by atoms with van der Waals surface area (Å²) in [5.74, 6) is -0.218. The molecule has 1 aliphatic heterocycles. The van der Waals surface area contributed by atoms with Gasteiger partial charge in [-0.15, -0.1) is 0 Å². The molecule has 2 aromatic heterocycles. The summed E-state index contributed by atoms with van der Waals surface area (Å²) in [5.41, 5.74) is 0.414. The number of pyridine rings is 2. The third kappa shape index (κ3) is 4.02. The maximum atomic E-state index is 13.0. The van der Waals surface area contributed by atoms with Crippen molar-refractivity contribution in [2.24, 2.45) is 0 Å². The molecule has 0 bridgehead atoms. The fourth-order valence-corrected chi connectivity index (χ4v) is 4.95. The van der Waals surface area contributed by atoms with Gasteiger partial charge in [0.05, 0.1) is 11.9 Å². The Balaban J connectivity index is 1.31. The number of rotatable bonds is 4. The Hall–Kier alpha value is -3.40. The number of anilines is 1. The highest BCUT2D eigenvalue weighted by atomic mass is 19.4. The summed E-state index contributed by atoms with van der Waals surface area (Å²) >= 11 is 0. The number of nitrogens with one attached hydrogen (secondary N) is 2. The molecule has 34 heavy (non-hydrogen) atoms. The molecule has 2 N–H and O–H groups in total. The summed E-state index contributed by atoms with van der Waals surface area (Å²) in [7, 11) is 1.57. The largest absolute Gasteiger partial charge is 0.421 e. The normalized spacial score (nSPS) is 20.6. The molecule has 5 rings (SSSR count). The van der Waals surface area contributed by atoms with Crippen molar-refractivity contribution in [2.45, 2.75) is 37.6 Å². The van der Waals surface area contributed by atoms with Crippen LogP contribution in [0.1, 0.15) is 34.5 Å². The highest BCUT2D eigenvalue weighted by molar-refractivity contribution is 5.92. The number of nitrogens with zero attached hydrogens (tertiary/aromatic N) is 3. The summed E-state index contributed by atoms with van der Waals surface area (Å²) < 4.78 is 39.1. The van der Waals surface area contributed by atoms with Crippen molar-refractivity contribution in [3.8, 4) is 0 Å². The molecule has 7 nitrogen and oxygen atoms in total. The molecule has 2 atom stereocenters. The second-order valence-electron chi connectivity index (χ2n) is 8.79. The molecule has 1 saturated heterocycles. The number of H-pyrrole nitrogens is 1. The van der Waals surface area contributed by atoms with E-state index >= 15 is 0 Å². The van der Waals surface area contributed by atoms with E-state index in [2.05, 4.69) is 25.1 Å². The van der Waals surface area contributed by atoms with E-state index in [1.54, 1.807) is 31.4 Å². The average Bonchev–Trinajstić information content (AvgIpc) is 2.78. The number of hydrogen-bond acceptors (Lipinski definition) is 5. The maximum absolute atomic E-state index is 13.0. The fourth-order valence-electron chi connectivity index (χ4n) is 4.95. The van der Waals surface area contributed by atoms with Crippen molar-refractivity contribution in [3.63, 3.8) is 0 Å². The van der Waals surface area contributed by atoms with Gasteiger partial charge in [0.15, 0.2) is 0 Å². The molecule has 3 heterocycles. The Labute approximate surface area is 193 Å². The van der Waals surface area contributed by atoms with Crippen molar-refractivity contribution in [2.75, 3.05) is 25.0 Å². The lowest BCUT2D eigenvalue weighted by Gasteiger charge is -2.54. The smallest absolute Gasteiger partial charge is 0.364 e. The molecule has 1 saturated carbocycles. The number of aromatic nitrogens is 2. The van der Waals surface area contributed by atoms with Crippen molar-refractivity contribution in [1.82, 2.24) is 20.2 Å². The second-order valence-corrected chi connectivity index (χ2v) is 8.79. The summed E-state index contributed by atoms with van der Waals surface area (Å²) in [5, 5.41) is 2.92. The number of halogens is 3. The summed E-state index contributed by atoms with van der Waals surface area (Å²) in [6.07, 6.45) is -0.823. The van der Waals surface area contributed by atoms with Crippen molar-refractivity contribution in [3.05, 3.63) is 69.8 Å². The van der Waals surface area contributed by atoms with Crippen LogP contribution in [0.3, 0.4) is 0 Å². The van der Waals surface area contributed by atoms with Crippen LogP contribution in [-0.2, 0) is 12.7 Å². The van der Waals surface area contributed by atoms with Gasteiger partial charge in [-0.25, -0.2) is 4.98 Å². The first-order valence-electron chi connectivity index (χ1n) is 11.2. The Bertz CT molecular complexity index is 1290. The van der Waals surface area contributed by atoms with Crippen molar-refractivity contribution < 1.29 is 18.0 Å². The van der Waals surface area contributed by atoms with E-state index in [-0.39, 0.29) is 5.91 Å². The molecule has 178 valence electrons. The van der Waals surface area contributed by atoms with E-state index in [1.165, 1.54) is 0 Å². The third-order valence-corrected chi connectivity index (χ3v) is 6.84. The van der Waals surface area contributed by atoms with Gasteiger partial charge in [-0.05, 0) is 48.1 Å². The highest BCUT2D eigenvalue weighted by Crippen LogP contribution is 2.37. The summed E-state index contributed by atoms with van der Waals surface area (Å²) in [6, 6.07) is 10.5. The van der Waals surface area contributed by atoms with Gasteiger partial charge in [0.1, 0.15) is 11.3 Å². The lowest BCUT2D eigenvalue weighted by Crippen LogP contribution is -2.64. The lowest BCUT2D eigenvalue weighted by molar-refractivity contribution is -0.138. The second kappa shape index (κ2) is 8.43. The van der Waals surface area contributed by atoms with Gasteiger partial charge in [0.2, 0.25) is 0 Å². The first-order valence-corrected chi connectivity index (χ1v) is 11.2. The monoisotopic (exact) mass is 471 g/mol. The molecule has 3 aromatic rings. The van der Waals surface area contributed by atoms with Crippen molar-refractivity contribution >= 4 is 22.5 Å². The number of aromatic amines is 1. The molecule has 10 heteroatoms. The molecule has 1 aromatic carbocycles. The van der Waals surface area contributed by atoms with Crippen LogP contribution < -0.4 is 15.8 Å². The van der Waals surface area contributed by atoms with E-state index in [0.717, 1.165) is 43.2 Å². The summed E-state index contributed by atoms with van der Waals surface area (Å²) in [4.78, 5) is 35.0. The Morgan fingerprint density at radius 2 is 1.94 bits per heavy atom. The van der Waals surface area contributed by atoms with E-state index in [0.29, 0.717) is 35.2 Å². The van der Waals surface area contributed by atoms with Gasteiger partial charge < -0.3 is 15.2 Å². The first-order chi connectivity index (χ1) is 16.2. The van der Waals surface area contributed by atoms with Crippen LogP contribution in [0.15, 0.2) is 47.4 Å². The molecule has 1 aliphatic carbocycles. The molecule has 2 fully saturated rings. The number of carbonyl (C=O) groups excluding carboxylic acids is 1. The third-order valence-electron chi connectivity index (χ3n) is 6.84. The summed E-state index contributed by atoms with van der Waals surface area (Å²) in [6.45, 7) is 2.28. The van der Waals surface area contributed by atoms with Crippen LogP contribution in [0.4, 0.5) is 18.9 Å². The predicted molar refractivity (Wildman–Crippen MR) is 122 cm³/mol. The van der Waals surface area contributed by atoms with Gasteiger partial charge >= 0.3 is 6.18 Å². The highest BCUT2D eigenvalue weighted by Gasteiger charge is 2.43. The first kappa shape index (κ1) is 22.4. The minimum Gasteiger partial charge on any atom is -0.364 e. The van der Waals surface area contributed by atoms with Gasteiger partial charge in [-0.2, -0.15) is 13.2 Å². The van der Waals surface area contributed by atoms with Gasteiger partial charge in [-0.3, -0.25) is 14.5 Å². The number of benzene rings is 1. The van der Waals surface area contributed by atoms with Crippen LogP contribution in [0.2, 0.25) is 0 Å². The number of fused-ring (bicyclic) bond motifs is 2. The topological polar surface area (TPSA) is 81.3 Å². The number of alkyl halides is 3. The SMILES string of the molecule is CNC(=O)c1ccc(N2CCN(Cc3ccc4cc(C(F)(F)F)c(=O)[nH]c4c3)[C@@H]3CC[C@@H]32)cn1. The molecule has 0 spiro atoms. The van der Waals surface area contributed by atoms with Gasteiger partial charge in [0, 0.05) is 44.3 Å². The predicted octanol–water partition coefficient (Wildman–Crippen LogP) is 3.15. The Morgan fingerprint density at radius 1 is 1.15 bits per heavy atom. The molecular formula is C24H24F3N5O2. The van der Waals surface area contributed by atoms with Crippen LogP contribution in [0, 0.1) is 0 Å². The van der Waals surface area contributed by atoms with Crippen LogP contribution in [0.25, 0.3) is 10.9 Å². The molecule has 2 aliphatic rings.